The number of nitrogens with one attached hydrogen (secondary N) is 3. The van der Waals surface area contributed by atoms with Gasteiger partial charge in [-0.05, 0) is 25.0 Å². The number of carbonyl (C=O) groups is 1. The van der Waals surface area contributed by atoms with Gasteiger partial charge >= 0.3 is 0 Å². The minimum Gasteiger partial charge on any atom is -0.364 e. The van der Waals surface area contributed by atoms with Gasteiger partial charge in [0, 0.05) is 35.8 Å². The summed E-state index contributed by atoms with van der Waals surface area (Å²) in [5, 5.41) is 3.01. The average Bonchev–Trinajstić information content (AvgIpc) is 3.12. The lowest BCUT2D eigenvalue weighted by atomic mass is 9.89. The molecule has 2 aromatic heterocycles. The van der Waals surface area contributed by atoms with Crippen molar-refractivity contribution < 1.29 is 4.79 Å². The molecule has 1 atom stereocenters. The molecule has 21 heavy (non-hydrogen) atoms. The fraction of sp³-hybridized carbons (Fsp3) is 0.500. The third kappa shape index (κ3) is 3.01. The summed E-state index contributed by atoms with van der Waals surface area (Å²) in [6.45, 7) is 4.82. The summed E-state index contributed by atoms with van der Waals surface area (Å²) in [7, 11) is 0. The van der Waals surface area contributed by atoms with Crippen molar-refractivity contribution in [1.82, 2.24) is 20.3 Å². The molecule has 112 valence electrons. The van der Waals surface area contributed by atoms with Crippen molar-refractivity contribution in [3.63, 3.8) is 0 Å². The highest BCUT2D eigenvalue weighted by molar-refractivity contribution is 5.79. The molecule has 3 N–H and O–H groups in total. The molecule has 0 saturated heterocycles. The van der Waals surface area contributed by atoms with Crippen molar-refractivity contribution in [2.24, 2.45) is 5.92 Å². The predicted octanol–water partition coefficient (Wildman–Crippen LogP) is 2.28. The van der Waals surface area contributed by atoms with Gasteiger partial charge in [0.1, 0.15) is 5.82 Å². The van der Waals surface area contributed by atoms with E-state index in [0.29, 0.717) is 12.5 Å². The molecule has 1 amide bonds. The van der Waals surface area contributed by atoms with Gasteiger partial charge in [-0.1, -0.05) is 13.8 Å². The number of fused-ring (bicyclic) bond motifs is 1. The van der Waals surface area contributed by atoms with E-state index in [2.05, 4.69) is 34.1 Å². The van der Waals surface area contributed by atoms with Crippen LogP contribution in [-0.4, -0.2) is 20.9 Å². The fourth-order valence-corrected chi connectivity index (χ4v) is 2.80. The molecule has 0 aromatic carbocycles. The van der Waals surface area contributed by atoms with E-state index in [1.54, 1.807) is 0 Å². The largest absolute Gasteiger partial charge is 0.364 e. The highest BCUT2D eigenvalue weighted by Gasteiger charge is 2.27. The Bertz CT molecular complexity index is 612. The maximum Gasteiger partial charge on any atom is 0.223 e. The first kappa shape index (κ1) is 13.9. The van der Waals surface area contributed by atoms with E-state index in [9.17, 15) is 4.79 Å². The molecule has 0 radical (unpaired) electrons. The lowest BCUT2D eigenvalue weighted by Gasteiger charge is -2.20. The average molecular weight is 286 g/mol. The topological polar surface area (TPSA) is 73.6 Å². The minimum atomic E-state index is 0.0490. The van der Waals surface area contributed by atoms with Gasteiger partial charge < -0.3 is 15.3 Å². The third-order valence-electron chi connectivity index (χ3n) is 4.10. The smallest absolute Gasteiger partial charge is 0.223 e. The quantitative estimate of drug-likeness (QED) is 0.806. The highest BCUT2D eigenvalue weighted by atomic mass is 16.1. The summed E-state index contributed by atoms with van der Waals surface area (Å²) in [5.74, 6) is 1.62. The Labute approximate surface area is 124 Å². The first-order valence-electron chi connectivity index (χ1n) is 7.61. The van der Waals surface area contributed by atoms with Crippen LogP contribution < -0.4 is 5.32 Å². The summed E-state index contributed by atoms with van der Waals surface area (Å²) in [6, 6.07) is 3.91. The van der Waals surface area contributed by atoms with E-state index in [-0.39, 0.29) is 11.8 Å². The number of H-pyrrole nitrogens is 2. The molecule has 1 aliphatic rings. The van der Waals surface area contributed by atoms with Crippen LogP contribution in [0.5, 0.6) is 0 Å². The van der Waals surface area contributed by atoms with Crippen LogP contribution in [0.3, 0.4) is 0 Å². The third-order valence-corrected chi connectivity index (χ3v) is 4.10. The normalized spacial score (nSPS) is 17.8. The molecule has 1 aliphatic carbocycles. The number of hydrogen-bond acceptors (Lipinski definition) is 2. The summed E-state index contributed by atoms with van der Waals surface area (Å²) in [6.07, 6.45) is 4.41. The van der Waals surface area contributed by atoms with Crippen molar-refractivity contribution in [3.05, 3.63) is 41.2 Å². The van der Waals surface area contributed by atoms with Crippen molar-refractivity contribution in [2.45, 2.75) is 45.6 Å². The van der Waals surface area contributed by atoms with Gasteiger partial charge in [-0.3, -0.25) is 4.79 Å². The first-order valence-corrected chi connectivity index (χ1v) is 7.61. The number of carbonyl (C=O) groups excluding carboxylic acids is 1. The van der Waals surface area contributed by atoms with Gasteiger partial charge in [0.25, 0.3) is 0 Å². The second-order valence-electron chi connectivity index (χ2n) is 6.05. The zero-order valence-corrected chi connectivity index (χ0v) is 12.6. The molecular weight excluding hydrogens is 264 g/mol. The SMILES string of the molecule is CC(C)c1nc2c([nH]1)CC(C(=O)NCc1ccc[nH]1)CC2. The van der Waals surface area contributed by atoms with Crippen LogP contribution in [0.1, 0.15) is 49.1 Å². The van der Waals surface area contributed by atoms with E-state index in [4.69, 9.17) is 0 Å². The Kier molecular flexibility index (Phi) is 3.82. The Morgan fingerprint density at radius 2 is 2.38 bits per heavy atom. The number of aromatic nitrogens is 3. The second kappa shape index (κ2) is 5.76. The number of amides is 1. The summed E-state index contributed by atoms with van der Waals surface area (Å²) in [5.41, 5.74) is 3.32. The number of rotatable bonds is 4. The van der Waals surface area contributed by atoms with Crippen LogP contribution in [0.2, 0.25) is 0 Å². The molecule has 2 aromatic rings. The molecule has 0 saturated carbocycles. The van der Waals surface area contributed by atoms with Gasteiger partial charge in [-0.2, -0.15) is 0 Å². The Hall–Kier alpha value is -2.04. The van der Waals surface area contributed by atoms with Gasteiger partial charge in [-0.15, -0.1) is 0 Å². The van der Waals surface area contributed by atoms with E-state index in [1.165, 1.54) is 0 Å². The summed E-state index contributed by atoms with van der Waals surface area (Å²) < 4.78 is 0. The molecule has 3 rings (SSSR count). The molecule has 0 spiro atoms. The Balaban J connectivity index is 1.61. The van der Waals surface area contributed by atoms with Crippen molar-refractivity contribution >= 4 is 5.91 Å². The van der Waals surface area contributed by atoms with Crippen molar-refractivity contribution in [2.75, 3.05) is 0 Å². The van der Waals surface area contributed by atoms with Crippen LogP contribution >= 0.6 is 0 Å². The van der Waals surface area contributed by atoms with Gasteiger partial charge in [-0.25, -0.2) is 4.98 Å². The second-order valence-corrected chi connectivity index (χ2v) is 6.05. The van der Waals surface area contributed by atoms with Crippen molar-refractivity contribution in [3.8, 4) is 0 Å². The number of hydrogen-bond donors (Lipinski definition) is 3. The highest BCUT2D eigenvalue weighted by Crippen LogP contribution is 2.26. The first-order chi connectivity index (χ1) is 10.1. The van der Waals surface area contributed by atoms with Crippen LogP contribution in [0.25, 0.3) is 0 Å². The lowest BCUT2D eigenvalue weighted by Crippen LogP contribution is -2.33. The van der Waals surface area contributed by atoms with Gasteiger partial charge in [0.05, 0.1) is 12.2 Å². The van der Waals surface area contributed by atoms with E-state index >= 15 is 0 Å². The Morgan fingerprint density at radius 3 is 3.10 bits per heavy atom. The number of aromatic amines is 2. The molecule has 1 unspecified atom stereocenters. The summed E-state index contributed by atoms with van der Waals surface area (Å²) >= 11 is 0. The molecule has 0 fully saturated rings. The molecule has 0 aliphatic heterocycles. The monoisotopic (exact) mass is 286 g/mol. The zero-order valence-electron chi connectivity index (χ0n) is 12.6. The van der Waals surface area contributed by atoms with E-state index in [0.717, 1.165) is 42.2 Å². The molecular formula is C16H22N4O. The molecule has 5 nitrogen and oxygen atoms in total. The Morgan fingerprint density at radius 1 is 1.52 bits per heavy atom. The maximum atomic E-state index is 12.3. The van der Waals surface area contributed by atoms with Crippen LogP contribution in [-0.2, 0) is 24.2 Å². The number of aryl methyl sites for hydroxylation is 1. The van der Waals surface area contributed by atoms with E-state index < -0.39 is 0 Å². The maximum absolute atomic E-state index is 12.3. The van der Waals surface area contributed by atoms with Crippen molar-refractivity contribution in [1.29, 1.82) is 0 Å². The number of nitrogens with zero attached hydrogens (tertiary/aromatic N) is 1. The predicted molar refractivity (Wildman–Crippen MR) is 80.8 cm³/mol. The van der Waals surface area contributed by atoms with Crippen LogP contribution in [0.4, 0.5) is 0 Å². The van der Waals surface area contributed by atoms with Crippen LogP contribution in [0.15, 0.2) is 18.3 Å². The minimum absolute atomic E-state index is 0.0490. The van der Waals surface area contributed by atoms with Crippen LogP contribution in [0, 0.1) is 5.92 Å². The molecule has 5 heteroatoms. The van der Waals surface area contributed by atoms with Gasteiger partial charge in [0.15, 0.2) is 0 Å². The fourth-order valence-electron chi connectivity index (χ4n) is 2.80. The molecule has 2 heterocycles. The molecule has 0 bridgehead atoms. The number of imidazole rings is 1. The van der Waals surface area contributed by atoms with Gasteiger partial charge in [0.2, 0.25) is 5.91 Å². The zero-order chi connectivity index (χ0) is 14.8. The summed E-state index contributed by atoms with van der Waals surface area (Å²) in [4.78, 5) is 23.4. The van der Waals surface area contributed by atoms with E-state index in [1.807, 2.05) is 18.3 Å². The standard InChI is InChI=1S/C16H22N4O/c1-10(2)15-19-13-6-5-11(8-14(13)20-15)16(21)18-9-12-4-3-7-17-12/h3-4,7,10-11,17H,5-6,8-9H2,1-2H3,(H,18,21)(H,19,20). The lowest BCUT2D eigenvalue weighted by molar-refractivity contribution is -0.125.